The van der Waals surface area contributed by atoms with Crippen LogP contribution < -0.4 is 16.0 Å². The minimum Gasteiger partial charge on any atom is -0.376 e. The van der Waals surface area contributed by atoms with Gasteiger partial charge in [0.15, 0.2) is 0 Å². The topological polar surface area (TPSA) is 70.2 Å². The van der Waals surface area contributed by atoms with Gasteiger partial charge >= 0.3 is 0 Å². The first-order valence-electron chi connectivity index (χ1n) is 8.88. The van der Waals surface area contributed by atoms with Gasteiger partial charge in [-0.2, -0.15) is 0 Å². The number of rotatable bonds is 6. The number of halogens is 2. The average Bonchev–Trinajstić information content (AvgIpc) is 2.71. The molecule has 5 nitrogen and oxygen atoms in total. The van der Waals surface area contributed by atoms with Crippen molar-refractivity contribution in [1.82, 2.24) is 0 Å². The van der Waals surface area contributed by atoms with Crippen LogP contribution in [-0.2, 0) is 4.79 Å². The van der Waals surface area contributed by atoms with Crippen LogP contribution in [0.5, 0.6) is 0 Å². The summed E-state index contributed by atoms with van der Waals surface area (Å²) in [6.07, 6.45) is 0. The van der Waals surface area contributed by atoms with Crippen molar-refractivity contribution in [3.63, 3.8) is 0 Å². The van der Waals surface area contributed by atoms with Crippen molar-refractivity contribution in [1.29, 1.82) is 0 Å². The highest BCUT2D eigenvalue weighted by molar-refractivity contribution is 6.44. The van der Waals surface area contributed by atoms with Gasteiger partial charge < -0.3 is 16.0 Å². The smallest absolute Gasteiger partial charge is 0.255 e. The number of hydrogen-bond acceptors (Lipinski definition) is 3. The number of carbonyl (C=O) groups excluding carboxylic acids is 2. The minimum atomic E-state index is -0.258. The highest BCUT2D eigenvalue weighted by Gasteiger charge is 2.09. The molecule has 0 saturated carbocycles. The van der Waals surface area contributed by atoms with E-state index in [0.717, 1.165) is 11.3 Å². The summed E-state index contributed by atoms with van der Waals surface area (Å²) in [6, 6.07) is 19.5. The molecule has 0 heterocycles. The third-order valence-corrected chi connectivity index (χ3v) is 4.92. The second kappa shape index (κ2) is 9.45. The van der Waals surface area contributed by atoms with Crippen LogP contribution in [0.25, 0.3) is 0 Å². The Bertz CT molecular complexity index is 1040. The Labute approximate surface area is 179 Å². The number of anilines is 3. The van der Waals surface area contributed by atoms with Crippen molar-refractivity contribution < 1.29 is 9.59 Å². The summed E-state index contributed by atoms with van der Waals surface area (Å²) in [6.45, 7) is 1.99. The first-order valence-corrected chi connectivity index (χ1v) is 9.64. The predicted molar refractivity (Wildman–Crippen MR) is 119 cm³/mol. The summed E-state index contributed by atoms with van der Waals surface area (Å²) in [4.78, 5) is 24.4. The van der Waals surface area contributed by atoms with Crippen LogP contribution in [0, 0.1) is 6.92 Å². The van der Waals surface area contributed by atoms with Crippen molar-refractivity contribution in [2.75, 3.05) is 22.5 Å². The van der Waals surface area contributed by atoms with Crippen LogP contribution in [0.1, 0.15) is 15.9 Å². The first kappa shape index (κ1) is 20.7. The second-order valence-electron chi connectivity index (χ2n) is 6.40. The molecule has 0 aromatic heterocycles. The summed E-state index contributed by atoms with van der Waals surface area (Å²) in [5.41, 5.74) is 3.49. The van der Waals surface area contributed by atoms with E-state index in [9.17, 15) is 9.59 Å². The number of nitrogens with one attached hydrogen (secondary N) is 3. The number of amides is 2. The number of benzene rings is 3. The van der Waals surface area contributed by atoms with Gasteiger partial charge in [0.1, 0.15) is 0 Å². The molecule has 0 atom stereocenters. The van der Waals surface area contributed by atoms with E-state index in [4.69, 9.17) is 23.2 Å². The van der Waals surface area contributed by atoms with Crippen LogP contribution in [0.3, 0.4) is 0 Å². The maximum absolute atomic E-state index is 12.3. The molecule has 3 aromatic rings. The third kappa shape index (κ3) is 5.73. The van der Waals surface area contributed by atoms with Gasteiger partial charge in [-0.05, 0) is 55.5 Å². The van der Waals surface area contributed by atoms with Gasteiger partial charge in [-0.3, -0.25) is 9.59 Å². The molecule has 0 radical (unpaired) electrons. The lowest BCUT2D eigenvalue weighted by molar-refractivity contribution is -0.114. The van der Waals surface area contributed by atoms with Crippen LogP contribution in [0.2, 0.25) is 10.0 Å². The molecule has 29 heavy (non-hydrogen) atoms. The van der Waals surface area contributed by atoms with E-state index >= 15 is 0 Å². The molecule has 0 aliphatic heterocycles. The molecular weight excluding hydrogens is 409 g/mol. The molecule has 0 spiro atoms. The van der Waals surface area contributed by atoms with Crippen LogP contribution in [-0.4, -0.2) is 18.4 Å². The average molecular weight is 428 g/mol. The lowest BCUT2D eigenvalue weighted by Crippen LogP contribution is -2.22. The number of hydrogen-bond donors (Lipinski definition) is 3. The molecule has 3 rings (SSSR count). The van der Waals surface area contributed by atoms with Crippen LogP contribution >= 0.6 is 23.2 Å². The Morgan fingerprint density at radius 3 is 2.28 bits per heavy atom. The van der Waals surface area contributed by atoms with E-state index < -0.39 is 0 Å². The monoisotopic (exact) mass is 427 g/mol. The fourth-order valence-electron chi connectivity index (χ4n) is 2.64. The molecule has 2 amide bonds. The standard InChI is InChI=1S/C22H19Cl2N3O2/c1-14-4-2-5-15(12-14)22(29)26-17-10-8-16(9-11-17)25-13-20(28)27-19-7-3-6-18(23)21(19)24/h2-12,25H,13H2,1H3,(H,26,29)(H,27,28). The number of carbonyl (C=O) groups is 2. The molecule has 148 valence electrons. The molecule has 0 aliphatic rings. The second-order valence-corrected chi connectivity index (χ2v) is 7.19. The highest BCUT2D eigenvalue weighted by atomic mass is 35.5. The van der Waals surface area contributed by atoms with Crippen molar-refractivity contribution in [2.24, 2.45) is 0 Å². The molecule has 0 bridgehead atoms. The van der Waals surface area contributed by atoms with Gasteiger partial charge in [0, 0.05) is 16.9 Å². The summed E-state index contributed by atoms with van der Waals surface area (Å²) in [5, 5.41) is 9.25. The van der Waals surface area contributed by atoms with Gasteiger partial charge in [-0.15, -0.1) is 0 Å². The van der Waals surface area contributed by atoms with E-state index in [1.165, 1.54) is 0 Å². The van der Waals surface area contributed by atoms with Crippen molar-refractivity contribution in [2.45, 2.75) is 6.92 Å². The maximum atomic E-state index is 12.3. The fourth-order valence-corrected chi connectivity index (χ4v) is 2.99. The zero-order valence-electron chi connectivity index (χ0n) is 15.6. The van der Waals surface area contributed by atoms with Gasteiger partial charge in [0.25, 0.3) is 5.91 Å². The molecule has 0 saturated heterocycles. The zero-order valence-corrected chi connectivity index (χ0v) is 17.1. The largest absolute Gasteiger partial charge is 0.376 e. The molecule has 0 aliphatic carbocycles. The Hall–Kier alpha value is -3.02. The van der Waals surface area contributed by atoms with E-state index in [2.05, 4.69) is 16.0 Å². The molecule has 0 unspecified atom stereocenters. The van der Waals surface area contributed by atoms with E-state index in [-0.39, 0.29) is 18.4 Å². The van der Waals surface area contributed by atoms with E-state index in [1.54, 1.807) is 48.5 Å². The zero-order chi connectivity index (χ0) is 20.8. The van der Waals surface area contributed by atoms with Crippen LogP contribution in [0.4, 0.5) is 17.1 Å². The van der Waals surface area contributed by atoms with Crippen molar-refractivity contribution in [3.05, 3.63) is 87.9 Å². The Kier molecular flexibility index (Phi) is 6.75. The molecular formula is C22H19Cl2N3O2. The van der Waals surface area contributed by atoms with Crippen molar-refractivity contribution in [3.8, 4) is 0 Å². The summed E-state index contributed by atoms with van der Waals surface area (Å²) in [7, 11) is 0. The summed E-state index contributed by atoms with van der Waals surface area (Å²) in [5.74, 6) is -0.432. The van der Waals surface area contributed by atoms with Gasteiger partial charge in [-0.1, -0.05) is 47.0 Å². The molecule has 3 N–H and O–H groups in total. The number of aryl methyl sites for hydroxylation is 1. The quantitative estimate of drug-likeness (QED) is 0.478. The van der Waals surface area contributed by atoms with Gasteiger partial charge in [0.05, 0.1) is 22.3 Å². The molecule has 0 fully saturated rings. The summed E-state index contributed by atoms with van der Waals surface area (Å²) >= 11 is 12.0. The third-order valence-electron chi connectivity index (χ3n) is 4.10. The highest BCUT2D eigenvalue weighted by Crippen LogP contribution is 2.29. The lowest BCUT2D eigenvalue weighted by atomic mass is 10.1. The maximum Gasteiger partial charge on any atom is 0.255 e. The Morgan fingerprint density at radius 1 is 0.862 bits per heavy atom. The Morgan fingerprint density at radius 2 is 1.55 bits per heavy atom. The lowest BCUT2D eigenvalue weighted by Gasteiger charge is -2.11. The molecule has 3 aromatic carbocycles. The summed E-state index contributed by atoms with van der Waals surface area (Å²) < 4.78 is 0. The fraction of sp³-hybridized carbons (Fsp3) is 0.0909. The Balaban J connectivity index is 1.53. The van der Waals surface area contributed by atoms with Crippen LogP contribution in [0.15, 0.2) is 66.7 Å². The van der Waals surface area contributed by atoms with Crippen molar-refractivity contribution >= 4 is 52.1 Å². The van der Waals surface area contributed by atoms with E-state index in [1.807, 2.05) is 25.1 Å². The SMILES string of the molecule is Cc1cccc(C(=O)Nc2ccc(NCC(=O)Nc3cccc(Cl)c3Cl)cc2)c1. The van der Waals surface area contributed by atoms with Gasteiger partial charge in [0.2, 0.25) is 5.91 Å². The first-order chi connectivity index (χ1) is 13.9. The molecule has 7 heteroatoms. The minimum absolute atomic E-state index is 0.0534. The van der Waals surface area contributed by atoms with Gasteiger partial charge in [-0.25, -0.2) is 0 Å². The van der Waals surface area contributed by atoms with E-state index in [0.29, 0.717) is 27.0 Å². The predicted octanol–water partition coefficient (Wildman–Crippen LogP) is 5.60. The normalized spacial score (nSPS) is 10.3.